The lowest BCUT2D eigenvalue weighted by Crippen LogP contribution is -2.45. The Morgan fingerprint density at radius 1 is 1.41 bits per heavy atom. The lowest BCUT2D eigenvalue weighted by molar-refractivity contribution is 0.403. The molecule has 1 aliphatic carbocycles. The van der Waals surface area contributed by atoms with Crippen LogP contribution in [0, 0.1) is 39.9 Å². The van der Waals surface area contributed by atoms with E-state index in [4.69, 9.17) is 21.5 Å². The molecule has 1 aromatic rings. The summed E-state index contributed by atoms with van der Waals surface area (Å²) in [4.78, 5) is 3.82. The predicted molar refractivity (Wildman–Crippen MR) is 56.9 cm³/mol. The summed E-state index contributed by atoms with van der Waals surface area (Å²) < 4.78 is 1.49. The summed E-state index contributed by atoms with van der Waals surface area (Å²) in [6, 6.07) is 5.86. The van der Waals surface area contributed by atoms with Gasteiger partial charge in [-0.05, 0) is 18.8 Å². The highest BCUT2D eigenvalue weighted by molar-refractivity contribution is 5.36. The second-order valence-corrected chi connectivity index (χ2v) is 4.22. The van der Waals surface area contributed by atoms with Crippen molar-refractivity contribution in [2.45, 2.75) is 24.9 Å². The van der Waals surface area contributed by atoms with Crippen molar-refractivity contribution in [2.75, 3.05) is 0 Å². The fourth-order valence-corrected chi connectivity index (χ4v) is 1.84. The molecule has 0 aliphatic heterocycles. The van der Waals surface area contributed by atoms with Crippen molar-refractivity contribution in [1.29, 1.82) is 15.8 Å². The minimum atomic E-state index is -0.973. The molecule has 1 aliphatic rings. The van der Waals surface area contributed by atoms with Crippen molar-refractivity contribution in [3.63, 3.8) is 0 Å². The summed E-state index contributed by atoms with van der Waals surface area (Å²) in [5, 5.41) is 26.9. The van der Waals surface area contributed by atoms with Gasteiger partial charge < -0.3 is 10.3 Å². The summed E-state index contributed by atoms with van der Waals surface area (Å²) in [5.74, 6) is 0.173. The van der Waals surface area contributed by atoms with Crippen LogP contribution in [0.5, 0.6) is 0 Å². The number of nitrogens with zero attached hydrogens (tertiary/aromatic N) is 5. The first-order chi connectivity index (χ1) is 8.14. The summed E-state index contributed by atoms with van der Waals surface area (Å²) >= 11 is 0. The van der Waals surface area contributed by atoms with Crippen LogP contribution in [-0.2, 0) is 6.54 Å². The van der Waals surface area contributed by atoms with E-state index in [1.54, 1.807) is 0 Å². The van der Waals surface area contributed by atoms with Crippen molar-refractivity contribution >= 4 is 0 Å². The number of hydrogen-bond acceptors (Lipinski definition) is 5. The molecule has 1 fully saturated rings. The first kappa shape index (κ1) is 11.1. The van der Waals surface area contributed by atoms with Gasteiger partial charge in [0.2, 0.25) is 0 Å². The highest BCUT2D eigenvalue weighted by Crippen LogP contribution is 2.39. The molecule has 0 spiro atoms. The second-order valence-electron chi connectivity index (χ2n) is 4.22. The third-order valence-corrected chi connectivity index (χ3v) is 3.00. The van der Waals surface area contributed by atoms with Crippen LogP contribution in [0.25, 0.3) is 0 Å². The molecule has 1 heterocycles. The van der Waals surface area contributed by atoms with Crippen molar-refractivity contribution in [3.8, 4) is 18.2 Å². The number of aromatic nitrogens is 2. The zero-order chi connectivity index (χ0) is 12.5. The Morgan fingerprint density at radius 3 is 2.59 bits per heavy atom. The van der Waals surface area contributed by atoms with Crippen molar-refractivity contribution in [2.24, 2.45) is 11.7 Å². The minimum absolute atomic E-state index is 0.0728. The molecule has 0 bridgehead atoms. The monoisotopic (exact) mass is 226 g/mol. The van der Waals surface area contributed by atoms with Gasteiger partial charge in [0.1, 0.15) is 17.7 Å². The van der Waals surface area contributed by atoms with Gasteiger partial charge in [-0.25, -0.2) is 4.98 Å². The fraction of sp³-hybridized carbons (Fsp3) is 0.455. The molecular weight excluding hydrogens is 216 g/mol. The van der Waals surface area contributed by atoms with Crippen LogP contribution >= 0.6 is 0 Å². The Labute approximate surface area is 98.5 Å². The van der Waals surface area contributed by atoms with E-state index in [9.17, 15) is 0 Å². The molecule has 6 heteroatoms. The fourth-order valence-electron chi connectivity index (χ4n) is 1.84. The van der Waals surface area contributed by atoms with Gasteiger partial charge in [-0.3, -0.25) is 0 Å². The molecule has 1 saturated carbocycles. The number of rotatable bonds is 3. The van der Waals surface area contributed by atoms with Crippen LogP contribution < -0.4 is 5.73 Å². The number of hydrogen-bond donors (Lipinski definition) is 1. The number of nitrogens with two attached hydrogens (primary N) is 1. The van der Waals surface area contributed by atoms with Crippen LogP contribution in [0.1, 0.15) is 24.2 Å². The first-order valence-electron chi connectivity index (χ1n) is 5.20. The largest absolute Gasteiger partial charge is 0.318 e. The van der Waals surface area contributed by atoms with Crippen LogP contribution in [0.4, 0.5) is 0 Å². The van der Waals surface area contributed by atoms with E-state index in [0.717, 1.165) is 12.8 Å². The smallest absolute Gasteiger partial charge is 0.176 e. The van der Waals surface area contributed by atoms with E-state index >= 15 is 0 Å². The summed E-state index contributed by atoms with van der Waals surface area (Å²) in [6.07, 6.45) is 3.26. The quantitative estimate of drug-likeness (QED) is 0.793. The molecule has 1 aromatic heterocycles. The molecule has 0 radical (unpaired) electrons. The van der Waals surface area contributed by atoms with Gasteiger partial charge in [-0.2, -0.15) is 15.8 Å². The van der Waals surface area contributed by atoms with Gasteiger partial charge in [0.25, 0.3) is 0 Å². The average molecular weight is 226 g/mol. The Hall–Kier alpha value is -2.36. The third-order valence-electron chi connectivity index (χ3n) is 3.00. The Bertz CT molecular complexity index is 562. The number of nitriles is 3. The molecule has 0 amide bonds. The molecule has 17 heavy (non-hydrogen) atoms. The Balaban J connectivity index is 2.31. The van der Waals surface area contributed by atoms with Gasteiger partial charge in [0, 0.05) is 0 Å². The van der Waals surface area contributed by atoms with Gasteiger partial charge >= 0.3 is 0 Å². The maximum Gasteiger partial charge on any atom is 0.176 e. The molecule has 0 saturated heterocycles. The molecule has 0 aromatic carbocycles. The predicted octanol–water partition coefficient (Wildman–Crippen LogP) is 0.258. The summed E-state index contributed by atoms with van der Waals surface area (Å²) in [5.41, 5.74) is 5.27. The Morgan fingerprint density at radius 2 is 2.12 bits per heavy atom. The molecule has 84 valence electrons. The normalized spacial score (nSPS) is 17.5. The van der Waals surface area contributed by atoms with E-state index in [1.165, 1.54) is 10.9 Å². The SMILES string of the molecule is N#Cc1ncn(CC(N)(C#N)C2CC2)c1C#N. The van der Waals surface area contributed by atoms with E-state index in [0.29, 0.717) is 0 Å². The van der Waals surface area contributed by atoms with Gasteiger partial charge in [0.05, 0.1) is 18.9 Å². The molecule has 2 rings (SSSR count). The maximum atomic E-state index is 9.13. The van der Waals surface area contributed by atoms with Gasteiger partial charge in [-0.15, -0.1) is 0 Å². The maximum absolute atomic E-state index is 9.13. The first-order valence-corrected chi connectivity index (χ1v) is 5.20. The summed E-state index contributed by atoms with van der Waals surface area (Å²) in [7, 11) is 0. The van der Waals surface area contributed by atoms with E-state index in [-0.39, 0.29) is 23.9 Å². The van der Waals surface area contributed by atoms with Crippen LogP contribution in [-0.4, -0.2) is 15.1 Å². The van der Waals surface area contributed by atoms with Crippen molar-refractivity contribution in [1.82, 2.24) is 9.55 Å². The highest BCUT2D eigenvalue weighted by atomic mass is 15.1. The van der Waals surface area contributed by atoms with Gasteiger partial charge in [-0.1, -0.05) is 0 Å². The second kappa shape index (κ2) is 3.90. The Kier molecular flexibility index (Phi) is 2.55. The molecule has 1 unspecified atom stereocenters. The van der Waals surface area contributed by atoms with Crippen LogP contribution in [0.3, 0.4) is 0 Å². The number of imidazole rings is 1. The van der Waals surface area contributed by atoms with Crippen molar-refractivity contribution in [3.05, 3.63) is 17.7 Å². The molecule has 6 nitrogen and oxygen atoms in total. The van der Waals surface area contributed by atoms with E-state index < -0.39 is 5.54 Å². The van der Waals surface area contributed by atoms with Crippen LogP contribution in [0.15, 0.2) is 6.33 Å². The average Bonchev–Trinajstić information content (AvgIpc) is 3.12. The standard InChI is InChI=1S/C11H10N6/c12-3-9-10(4-13)17(7-16-9)6-11(15,5-14)8-1-2-8/h7-8H,1-2,6,15H2. The topological polar surface area (TPSA) is 115 Å². The zero-order valence-electron chi connectivity index (χ0n) is 9.09. The molecular formula is C11H10N6. The van der Waals surface area contributed by atoms with E-state index in [2.05, 4.69) is 11.1 Å². The molecule has 2 N–H and O–H groups in total. The lowest BCUT2D eigenvalue weighted by atomic mass is 9.96. The van der Waals surface area contributed by atoms with E-state index in [1.807, 2.05) is 12.1 Å². The van der Waals surface area contributed by atoms with Gasteiger partial charge in [0.15, 0.2) is 11.4 Å². The highest BCUT2D eigenvalue weighted by Gasteiger charge is 2.43. The third kappa shape index (κ3) is 1.85. The van der Waals surface area contributed by atoms with Crippen LogP contribution in [0.2, 0.25) is 0 Å². The van der Waals surface area contributed by atoms with Crippen molar-refractivity contribution < 1.29 is 0 Å². The minimum Gasteiger partial charge on any atom is -0.318 e. The molecule has 1 atom stereocenters. The zero-order valence-corrected chi connectivity index (χ0v) is 9.09. The summed E-state index contributed by atoms with van der Waals surface area (Å²) in [6.45, 7) is 0.200. The lowest BCUT2D eigenvalue weighted by Gasteiger charge is -2.21.